The van der Waals surface area contributed by atoms with Gasteiger partial charge in [-0.2, -0.15) is 33.7 Å². The third kappa shape index (κ3) is 7.06. The Morgan fingerprint density at radius 2 is 1.15 bits per heavy atom. The lowest BCUT2D eigenvalue weighted by molar-refractivity contribution is 0.396. The first kappa shape index (κ1) is 38.1. The Morgan fingerprint density at radius 3 is 1.72 bits per heavy atom. The first-order valence-electron chi connectivity index (χ1n) is 15.8. The van der Waals surface area contributed by atoms with Gasteiger partial charge in [0.15, 0.2) is 0 Å². The maximum atomic E-state index is 13.1. The van der Waals surface area contributed by atoms with E-state index in [-0.39, 0.29) is 21.1 Å². The second-order valence-electron chi connectivity index (χ2n) is 12.6. The number of hydrogen-bond donors (Lipinski definition) is 1. The SMILES string of the molecule is COS(=O)(=O)c1ccc2c(c1)/C(=C(/c1ccc(Br)cc1)C1c3cc(OS(C)(=O)=O)ccc3-c3ccc(S(=O)(=O)OC)cc31)c1cc(CS(=O)(=O)O)ccc1-2. The molecule has 0 aromatic heterocycles. The third-order valence-corrected chi connectivity index (χ3v) is 13.5. The van der Waals surface area contributed by atoms with Gasteiger partial charge in [0.05, 0.1) is 30.3 Å². The Morgan fingerprint density at radius 1 is 0.630 bits per heavy atom. The predicted molar refractivity (Wildman–Crippen MR) is 205 cm³/mol. The molecule has 0 amide bonds. The largest absolute Gasteiger partial charge is 0.383 e. The van der Waals surface area contributed by atoms with E-state index in [0.717, 1.165) is 24.9 Å². The minimum atomic E-state index is -4.47. The summed E-state index contributed by atoms with van der Waals surface area (Å²) < 4.78 is 127. The van der Waals surface area contributed by atoms with Crippen LogP contribution in [-0.4, -0.2) is 58.7 Å². The van der Waals surface area contributed by atoms with Crippen LogP contribution in [0.5, 0.6) is 5.75 Å². The Bertz CT molecular complexity index is 2880. The van der Waals surface area contributed by atoms with Gasteiger partial charge in [0.1, 0.15) is 11.5 Å². The molecular formula is C37H29BrO12S4. The first-order chi connectivity index (χ1) is 25.3. The Hall–Kier alpha value is -4.20. The maximum absolute atomic E-state index is 13.1. The van der Waals surface area contributed by atoms with Gasteiger partial charge in [0.25, 0.3) is 30.4 Å². The van der Waals surface area contributed by atoms with Crippen molar-refractivity contribution in [1.82, 2.24) is 0 Å². The van der Waals surface area contributed by atoms with E-state index in [1.54, 1.807) is 54.6 Å². The molecule has 12 nitrogen and oxygen atoms in total. The molecule has 0 saturated carbocycles. The van der Waals surface area contributed by atoms with E-state index in [1.165, 1.54) is 30.3 Å². The third-order valence-electron chi connectivity index (χ3n) is 9.19. The average molecular weight is 874 g/mol. The lowest BCUT2D eigenvalue weighted by Gasteiger charge is -2.24. The van der Waals surface area contributed by atoms with Gasteiger partial charge in [0.2, 0.25) is 0 Å². The highest BCUT2D eigenvalue weighted by atomic mass is 79.9. The number of halogens is 1. The fraction of sp³-hybridized carbons (Fsp3) is 0.135. The zero-order valence-corrected chi connectivity index (χ0v) is 33.3. The molecule has 0 radical (unpaired) electrons. The van der Waals surface area contributed by atoms with E-state index < -0.39 is 52.1 Å². The van der Waals surface area contributed by atoms with Crippen LogP contribution < -0.4 is 4.18 Å². The minimum absolute atomic E-state index is 0.00455. The molecule has 0 aliphatic heterocycles. The van der Waals surface area contributed by atoms with E-state index in [1.807, 2.05) is 12.1 Å². The van der Waals surface area contributed by atoms with Crippen LogP contribution in [-0.2, 0) is 54.6 Å². The molecule has 0 fully saturated rings. The molecule has 5 aromatic rings. The maximum Gasteiger partial charge on any atom is 0.306 e. The van der Waals surface area contributed by atoms with Crippen molar-refractivity contribution in [2.24, 2.45) is 0 Å². The lowest BCUT2D eigenvalue weighted by atomic mass is 9.79. The molecule has 5 aromatic carbocycles. The van der Waals surface area contributed by atoms with E-state index in [0.29, 0.717) is 61.2 Å². The quantitative estimate of drug-likeness (QED) is 0.115. The molecule has 0 saturated heterocycles. The number of fused-ring (bicyclic) bond motifs is 6. The van der Waals surface area contributed by atoms with Gasteiger partial charge in [-0.3, -0.25) is 12.9 Å². The van der Waals surface area contributed by atoms with Crippen LogP contribution in [0.4, 0.5) is 0 Å². The van der Waals surface area contributed by atoms with Gasteiger partial charge in [-0.25, -0.2) is 0 Å². The van der Waals surface area contributed by atoms with Crippen molar-refractivity contribution in [3.05, 3.63) is 135 Å². The van der Waals surface area contributed by atoms with Gasteiger partial charge < -0.3 is 4.18 Å². The summed E-state index contributed by atoms with van der Waals surface area (Å²) in [6.45, 7) is 0. The van der Waals surface area contributed by atoms with Crippen molar-refractivity contribution in [2.45, 2.75) is 21.5 Å². The molecule has 1 atom stereocenters. The Balaban J connectivity index is 1.67. The second kappa shape index (κ2) is 13.5. The highest BCUT2D eigenvalue weighted by molar-refractivity contribution is 9.10. The van der Waals surface area contributed by atoms with E-state index >= 15 is 0 Å². The van der Waals surface area contributed by atoms with Crippen LogP contribution >= 0.6 is 15.9 Å². The summed E-state index contributed by atoms with van der Waals surface area (Å²) in [7, 11) is -14.8. The molecule has 7 rings (SSSR count). The Labute approximate surface area is 321 Å². The van der Waals surface area contributed by atoms with Crippen molar-refractivity contribution in [3.8, 4) is 28.0 Å². The molecule has 0 bridgehead atoms. The van der Waals surface area contributed by atoms with E-state index in [9.17, 15) is 38.2 Å². The van der Waals surface area contributed by atoms with Crippen LogP contribution in [0.25, 0.3) is 33.4 Å². The first-order valence-corrected chi connectivity index (χ1v) is 22.9. The van der Waals surface area contributed by atoms with E-state index in [4.69, 9.17) is 12.5 Å². The summed E-state index contributed by atoms with van der Waals surface area (Å²) >= 11 is 3.49. The summed E-state index contributed by atoms with van der Waals surface area (Å²) in [5, 5.41) is 0. The molecule has 54 heavy (non-hydrogen) atoms. The summed E-state index contributed by atoms with van der Waals surface area (Å²) in [5.74, 6) is -1.58. The van der Waals surface area contributed by atoms with Crippen molar-refractivity contribution in [2.75, 3.05) is 20.5 Å². The monoisotopic (exact) mass is 872 g/mol. The summed E-state index contributed by atoms with van der Waals surface area (Å²) in [5.41, 5.74) is 6.29. The van der Waals surface area contributed by atoms with Gasteiger partial charge in [0, 0.05) is 10.4 Å². The van der Waals surface area contributed by atoms with Crippen LogP contribution in [0.1, 0.15) is 39.3 Å². The number of hydrogen-bond acceptors (Lipinski definition) is 11. The van der Waals surface area contributed by atoms with Crippen LogP contribution in [0.2, 0.25) is 0 Å². The van der Waals surface area contributed by atoms with Crippen molar-refractivity contribution >= 4 is 67.5 Å². The van der Waals surface area contributed by atoms with Crippen molar-refractivity contribution in [1.29, 1.82) is 0 Å². The average Bonchev–Trinajstić information content (AvgIpc) is 3.59. The van der Waals surface area contributed by atoms with Gasteiger partial charge in [-0.05, 0) is 121 Å². The summed E-state index contributed by atoms with van der Waals surface area (Å²) in [6, 6.07) is 25.7. The van der Waals surface area contributed by atoms with Crippen molar-refractivity contribution < 1.29 is 50.8 Å². The number of benzene rings is 5. The van der Waals surface area contributed by atoms with Crippen molar-refractivity contribution in [3.63, 3.8) is 0 Å². The molecular weight excluding hydrogens is 845 g/mol. The molecule has 0 spiro atoms. The highest BCUT2D eigenvalue weighted by Crippen LogP contribution is 2.58. The topological polar surface area (TPSA) is 184 Å². The zero-order valence-electron chi connectivity index (χ0n) is 28.5. The Kier molecular flexibility index (Phi) is 9.54. The van der Waals surface area contributed by atoms with E-state index in [2.05, 4.69) is 15.9 Å². The molecule has 17 heteroatoms. The predicted octanol–water partition coefficient (Wildman–Crippen LogP) is 6.60. The zero-order chi connectivity index (χ0) is 39.0. The molecule has 280 valence electrons. The van der Waals surface area contributed by atoms with Crippen LogP contribution in [0, 0.1) is 0 Å². The van der Waals surface area contributed by atoms with Crippen LogP contribution in [0.3, 0.4) is 0 Å². The standard InChI is InChI=1S/C37H29BrO12S4/c1-48-53(44,45)25-10-14-29-27-12-4-21(20-52(41,42)43)16-31(27)36(33(29)18-25)35(22-5-7-23(38)8-6-22)37-32-17-24(50-51(3,39)40)9-13-28(32)30-15-11-26(19-34(30)37)54(46,47)49-2/h4-19,37H,20H2,1-3H3,(H,41,42,43)/b36-35-. The van der Waals surface area contributed by atoms with Gasteiger partial charge in [-0.1, -0.05) is 58.4 Å². The lowest BCUT2D eigenvalue weighted by Crippen LogP contribution is -2.09. The normalized spacial score (nSPS) is 16.0. The minimum Gasteiger partial charge on any atom is -0.383 e. The van der Waals surface area contributed by atoms with Gasteiger partial charge in [-0.15, -0.1) is 0 Å². The summed E-state index contributed by atoms with van der Waals surface area (Å²) in [6.07, 6.45) is 0.909. The molecule has 1 unspecified atom stereocenters. The van der Waals surface area contributed by atoms with Crippen LogP contribution in [0.15, 0.2) is 111 Å². The molecule has 1 N–H and O–H groups in total. The second-order valence-corrected chi connectivity index (χ2v) is 19.9. The molecule has 0 heterocycles. The highest BCUT2D eigenvalue weighted by Gasteiger charge is 2.39. The van der Waals surface area contributed by atoms with Gasteiger partial charge >= 0.3 is 10.1 Å². The molecule has 2 aliphatic rings. The number of rotatable bonds is 10. The fourth-order valence-corrected chi connectivity index (χ4v) is 9.78. The smallest absolute Gasteiger partial charge is 0.306 e. The molecule has 2 aliphatic carbocycles. The summed E-state index contributed by atoms with van der Waals surface area (Å²) in [4.78, 5) is -0.308. The fourth-order valence-electron chi connectivity index (χ4n) is 7.08. The number of allylic oxidation sites excluding steroid dienone is 1.